The zero-order valence-electron chi connectivity index (χ0n) is 13.1. The van der Waals surface area contributed by atoms with Crippen LogP contribution in [-0.4, -0.2) is 31.8 Å². The quantitative estimate of drug-likeness (QED) is 0.380. The summed E-state index contributed by atoms with van der Waals surface area (Å²) in [6, 6.07) is 8.17. The third-order valence-corrected chi connectivity index (χ3v) is 3.38. The van der Waals surface area contributed by atoms with E-state index in [2.05, 4.69) is 50.6 Å². The fourth-order valence-corrected chi connectivity index (χ4v) is 1.96. The summed E-state index contributed by atoms with van der Waals surface area (Å²) < 4.78 is 6.47. The van der Waals surface area contributed by atoms with Gasteiger partial charge in [-0.2, -0.15) is 0 Å². The molecule has 0 heterocycles. The third-order valence-electron chi connectivity index (χ3n) is 2.89. The van der Waals surface area contributed by atoms with Crippen LogP contribution in [0.3, 0.4) is 0 Å². The lowest BCUT2D eigenvalue weighted by Crippen LogP contribution is -2.45. The van der Waals surface area contributed by atoms with Gasteiger partial charge in [-0.1, -0.05) is 28.1 Å². The second kappa shape index (κ2) is 10.4. The highest BCUT2D eigenvalue weighted by molar-refractivity contribution is 14.0. The molecule has 1 rings (SSSR count). The van der Waals surface area contributed by atoms with Crippen molar-refractivity contribution in [3.05, 3.63) is 34.3 Å². The zero-order valence-corrected chi connectivity index (χ0v) is 17.0. The summed E-state index contributed by atoms with van der Waals surface area (Å²) >= 11 is 3.47. The van der Waals surface area contributed by atoms with Crippen LogP contribution < -0.4 is 10.6 Å². The Morgan fingerprint density at radius 1 is 1.33 bits per heavy atom. The van der Waals surface area contributed by atoms with E-state index in [1.54, 1.807) is 7.11 Å². The number of methoxy groups -OCH3 is 1. The molecule has 1 aromatic carbocycles. The van der Waals surface area contributed by atoms with E-state index in [0.717, 1.165) is 17.0 Å². The Kier molecular flexibility index (Phi) is 10.2. The molecule has 0 saturated heterocycles. The van der Waals surface area contributed by atoms with Gasteiger partial charge in [0.05, 0.1) is 12.1 Å². The number of ether oxygens (including phenoxy) is 1. The van der Waals surface area contributed by atoms with Crippen LogP contribution in [0, 0.1) is 0 Å². The topological polar surface area (TPSA) is 45.7 Å². The number of hydrogen-bond donors (Lipinski definition) is 2. The van der Waals surface area contributed by atoms with Gasteiger partial charge in [0.25, 0.3) is 0 Å². The van der Waals surface area contributed by atoms with Crippen LogP contribution in [0.2, 0.25) is 0 Å². The van der Waals surface area contributed by atoms with Gasteiger partial charge in [-0.3, -0.25) is 0 Å². The van der Waals surface area contributed by atoms with Crippen molar-refractivity contribution in [2.45, 2.75) is 32.9 Å². The van der Waals surface area contributed by atoms with Crippen LogP contribution in [0.5, 0.6) is 0 Å². The van der Waals surface area contributed by atoms with E-state index in [-0.39, 0.29) is 29.6 Å². The maximum Gasteiger partial charge on any atom is 0.191 e. The lowest BCUT2D eigenvalue weighted by molar-refractivity contribution is 0.0268. The number of benzene rings is 1. The first-order chi connectivity index (χ1) is 9.46. The van der Waals surface area contributed by atoms with Crippen LogP contribution in [-0.2, 0) is 11.3 Å². The first-order valence-corrected chi connectivity index (χ1v) is 7.58. The van der Waals surface area contributed by atoms with Gasteiger partial charge in [-0.15, -0.1) is 24.0 Å². The Morgan fingerprint density at radius 2 is 2.05 bits per heavy atom. The third kappa shape index (κ3) is 8.63. The van der Waals surface area contributed by atoms with Crippen molar-refractivity contribution in [2.75, 3.05) is 20.2 Å². The first-order valence-electron chi connectivity index (χ1n) is 6.78. The number of nitrogens with one attached hydrogen (secondary N) is 2. The SMILES string of the molecule is CCNC(=NCc1cccc(Br)c1)NCC(C)(C)OC.I. The molecular formula is C15H25BrIN3O. The molecule has 0 amide bonds. The first kappa shape index (κ1) is 20.7. The van der Waals surface area contributed by atoms with E-state index >= 15 is 0 Å². The molecule has 0 unspecified atom stereocenters. The summed E-state index contributed by atoms with van der Waals surface area (Å²) in [6.07, 6.45) is 0. The largest absolute Gasteiger partial charge is 0.377 e. The summed E-state index contributed by atoms with van der Waals surface area (Å²) in [5, 5.41) is 6.53. The normalized spacial score (nSPS) is 11.8. The minimum Gasteiger partial charge on any atom is -0.377 e. The maximum absolute atomic E-state index is 5.39. The van der Waals surface area contributed by atoms with Crippen molar-refractivity contribution in [2.24, 2.45) is 4.99 Å². The van der Waals surface area contributed by atoms with Crippen molar-refractivity contribution in [1.29, 1.82) is 0 Å². The van der Waals surface area contributed by atoms with Crippen molar-refractivity contribution in [3.8, 4) is 0 Å². The number of nitrogens with zero attached hydrogens (tertiary/aromatic N) is 1. The molecule has 0 fully saturated rings. The van der Waals surface area contributed by atoms with Crippen LogP contribution in [0.1, 0.15) is 26.3 Å². The Labute approximate surface area is 153 Å². The fourth-order valence-electron chi connectivity index (χ4n) is 1.52. The summed E-state index contributed by atoms with van der Waals surface area (Å²) in [5.41, 5.74) is 0.953. The molecule has 0 spiro atoms. The predicted molar refractivity (Wildman–Crippen MR) is 103 cm³/mol. The minimum atomic E-state index is -0.216. The number of aliphatic imine (C=N–C) groups is 1. The Bertz CT molecular complexity index is 452. The van der Waals surface area contributed by atoms with E-state index < -0.39 is 0 Å². The second-order valence-corrected chi connectivity index (χ2v) is 6.06. The monoisotopic (exact) mass is 469 g/mol. The van der Waals surface area contributed by atoms with Gasteiger partial charge in [-0.25, -0.2) is 4.99 Å². The minimum absolute atomic E-state index is 0. The molecule has 0 atom stereocenters. The molecule has 1 aromatic rings. The molecule has 120 valence electrons. The highest BCUT2D eigenvalue weighted by Gasteiger charge is 2.16. The van der Waals surface area contributed by atoms with Gasteiger partial charge >= 0.3 is 0 Å². The second-order valence-electron chi connectivity index (χ2n) is 5.14. The van der Waals surface area contributed by atoms with Crippen LogP contribution in [0.15, 0.2) is 33.7 Å². The van der Waals surface area contributed by atoms with Crippen molar-refractivity contribution >= 4 is 45.9 Å². The molecule has 0 bridgehead atoms. The average Bonchev–Trinajstić information content (AvgIpc) is 2.42. The van der Waals surface area contributed by atoms with Crippen molar-refractivity contribution in [1.82, 2.24) is 10.6 Å². The smallest absolute Gasteiger partial charge is 0.191 e. The molecule has 0 saturated carbocycles. The standard InChI is InChI=1S/C15H24BrN3O.HI/c1-5-17-14(19-11-15(2,3)20-4)18-10-12-7-6-8-13(16)9-12;/h6-9H,5,10-11H2,1-4H3,(H2,17,18,19);1H. The van der Waals surface area contributed by atoms with Crippen LogP contribution >= 0.6 is 39.9 Å². The molecule has 6 heteroatoms. The van der Waals surface area contributed by atoms with Gasteiger partial charge in [0, 0.05) is 24.7 Å². The van der Waals surface area contributed by atoms with E-state index in [1.807, 2.05) is 26.0 Å². The summed E-state index contributed by atoms with van der Waals surface area (Å²) in [5.74, 6) is 0.803. The van der Waals surface area contributed by atoms with Gasteiger partial charge in [0.1, 0.15) is 0 Å². The molecular weight excluding hydrogens is 445 g/mol. The molecule has 0 radical (unpaired) electrons. The van der Waals surface area contributed by atoms with Gasteiger partial charge in [0.2, 0.25) is 0 Å². The van der Waals surface area contributed by atoms with Gasteiger partial charge in [-0.05, 0) is 38.5 Å². The lowest BCUT2D eigenvalue weighted by Gasteiger charge is -2.24. The number of guanidine groups is 1. The van der Waals surface area contributed by atoms with E-state index in [4.69, 9.17) is 4.74 Å². The maximum atomic E-state index is 5.39. The number of hydrogen-bond acceptors (Lipinski definition) is 2. The van der Waals surface area contributed by atoms with Crippen molar-refractivity contribution < 1.29 is 4.74 Å². The number of rotatable bonds is 6. The van der Waals surface area contributed by atoms with E-state index in [1.165, 1.54) is 5.56 Å². The molecule has 2 N–H and O–H groups in total. The molecule has 0 aliphatic heterocycles. The van der Waals surface area contributed by atoms with E-state index in [9.17, 15) is 0 Å². The van der Waals surface area contributed by atoms with Crippen LogP contribution in [0.25, 0.3) is 0 Å². The highest BCUT2D eigenvalue weighted by Crippen LogP contribution is 2.12. The van der Waals surface area contributed by atoms with Crippen LogP contribution in [0.4, 0.5) is 0 Å². The van der Waals surface area contributed by atoms with Gasteiger partial charge in [0.15, 0.2) is 5.96 Å². The summed E-state index contributed by atoms with van der Waals surface area (Å²) in [6.45, 7) is 8.31. The molecule has 0 aliphatic carbocycles. The zero-order chi connectivity index (χ0) is 15.0. The Balaban J connectivity index is 0.00000400. The molecule has 4 nitrogen and oxygen atoms in total. The van der Waals surface area contributed by atoms with E-state index in [0.29, 0.717) is 13.1 Å². The summed E-state index contributed by atoms with van der Waals surface area (Å²) in [7, 11) is 1.72. The number of halogens is 2. The molecule has 0 aliphatic rings. The predicted octanol–water partition coefficient (Wildman–Crippen LogP) is 3.55. The highest BCUT2D eigenvalue weighted by atomic mass is 127. The molecule has 0 aromatic heterocycles. The Hall–Kier alpha value is -0.340. The summed E-state index contributed by atoms with van der Waals surface area (Å²) in [4.78, 5) is 4.58. The lowest BCUT2D eigenvalue weighted by atomic mass is 10.1. The fraction of sp³-hybridized carbons (Fsp3) is 0.533. The van der Waals surface area contributed by atoms with Gasteiger partial charge < -0.3 is 15.4 Å². The van der Waals surface area contributed by atoms with Crippen molar-refractivity contribution in [3.63, 3.8) is 0 Å². The molecule has 21 heavy (non-hydrogen) atoms. The average molecular weight is 470 g/mol. The Morgan fingerprint density at radius 3 is 2.62 bits per heavy atom.